The Morgan fingerprint density at radius 2 is 1.68 bits per heavy atom. The predicted molar refractivity (Wildman–Crippen MR) is 133 cm³/mol. The molecule has 0 radical (unpaired) electrons. The molecule has 1 aliphatic heterocycles. The van der Waals surface area contributed by atoms with Crippen LogP contribution in [0.1, 0.15) is 24.8 Å². The molecule has 1 aromatic heterocycles. The zero-order valence-corrected chi connectivity index (χ0v) is 19.3. The maximum Gasteiger partial charge on any atom is 0.127 e. The molecule has 1 fully saturated rings. The fourth-order valence-corrected chi connectivity index (χ4v) is 4.97. The van der Waals surface area contributed by atoms with Crippen molar-refractivity contribution in [1.82, 2.24) is 9.88 Å². The summed E-state index contributed by atoms with van der Waals surface area (Å²) in [7, 11) is 0. The minimum atomic E-state index is -0.258. The van der Waals surface area contributed by atoms with Crippen molar-refractivity contribution in [1.29, 1.82) is 0 Å². The molecular formula is C29H30F2N2O. The van der Waals surface area contributed by atoms with Crippen LogP contribution in [0.15, 0.2) is 72.9 Å². The van der Waals surface area contributed by atoms with Gasteiger partial charge in [-0.15, -0.1) is 0 Å². The van der Waals surface area contributed by atoms with Crippen LogP contribution in [0.5, 0.6) is 5.75 Å². The van der Waals surface area contributed by atoms with Crippen molar-refractivity contribution in [3.63, 3.8) is 0 Å². The summed E-state index contributed by atoms with van der Waals surface area (Å²) in [4.78, 5) is 5.70. The molecule has 5 rings (SSSR count). The maximum absolute atomic E-state index is 13.8. The Balaban J connectivity index is 1.09. The number of halogens is 2. The highest BCUT2D eigenvalue weighted by Gasteiger charge is 2.20. The van der Waals surface area contributed by atoms with E-state index in [1.54, 1.807) is 12.1 Å². The number of likely N-dealkylation sites (tertiary alicyclic amines) is 1. The van der Waals surface area contributed by atoms with Crippen LogP contribution in [0.2, 0.25) is 0 Å². The molecule has 0 amide bonds. The highest BCUT2D eigenvalue weighted by molar-refractivity contribution is 5.83. The second-order valence-electron chi connectivity index (χ2n) is 9.18. The number of aromatic amines is 1. The molecule has 2 heterocycles. The molecule has 0 saturated carbocycles. The van der Waals surface area contributed by atoms with Crippen LogP contribution in [0.25, 0.3) is 22.0 Å². The zero-order chi connectivity index (χ0) is 23.3. The number of fused-ring (bicyclic) bond motifs is 1. The van der Waals surface area contributed by atoms with Crippen molar-refractivity contribution < 1.29 is 13.5 Å². The molecule has 3 aromatic carbocycles. The van der Waals surface area contributed by atoms with E-state index in [4.69, 9.17) is 4.74 Å². The van der Waals surface area contributed by atoms with Gasteiger partial charge in [-0.1, -0.05) is 30.3 Å². The van der Waals surface area contributed by atoms with Crippen LogP contribution < -0.4 is 4.74 Å². The van der Waals surface area contributed by atoms with E-state index >= 15 is 0 Å². The molecule has 1 aliphatic rings. The molecule has 0 atom stereocenters. The van der Waals surface area contributed by atoms with Crippen LogP contribution in [0, 0.1) is 17.6 Å². The first kappa shape index (κ1) is 22.6. The number of hydrogen-bond donors (Lipinski definition) is 1. The number of aryl methyl sites for hydroxylation is 1. The Labute approximate surface area is 199 Å². The Morgan fingerprint density at radius 1 is 0.912 bits per heavy atom. The number of ether oxygens (including phenoxy) is 1. The second-order valence-corrected chi connectivity index (χ2v) is 9.18. The molecule has 0 bridgehead atoms. The number of benzene rings is 3. The van der Waals surface area contributed by atoms with Crippen LogP contribution in [-0.4, -0.2) is 36.1 Å². The van der Waals surface area contributed by atoms with E-state index in [9.17, 15) is 8.78 Å². The first-order valence-electron chi connectivity index (χ1n) is 12.1. The lowest BCUT2D eigenvalue weighted by Crippen LogP contribution is -2.36. The van der Waals surface area contributed by atoms with Crippen LogP contribution in [-0.2, 0) is 6.42 Å². The predicted octanol–water partition coefficient (Wildman–Crippen LogP) is 6.84. The SMILES string of the molecule is Fc1ccc(OCCN2CCC(CCc3c[nH]c4ccc(F)cc34)CC2)c(-c2ccccc2)c1. The zero-order valence-electron chi connectivity index (χ0n) is 19.3. The van der Waals surface area contributed by atoms with Crippen molar-refractivity contribution >= 4 is 10.9 Å². The van der Waals surface area contributed by atoms with Gasteiger partial charge in [0.1, 0.15) is 24.0 Å². The smallest absolute Gasteiger partial charge is 0.127 e. The van der Waals surface area contributed by atoms with Gasteiger partial charge in [0.05, 0.1) is 0 Å². The first-order valence-corrected chi connectivity index (χ1v) is 12.1. The highest BCUT2D eigenvalue weighted by atomic mass is 19.1. The number of hydrogen-bond acceptors (Lipinski definition) is 2. The maximum atomic E-state index is 13.8. The van der Waals surface area contributed by atoms with E-state index in [1.807, 2.05) is 42.6 Å². The molecule has 5 heteroatoms. The number of nitrogens with zero attached hydrogens (tertiary/aromatic N) is 1. The summed E-state index contributed by atoms with van der Waals surface area (Å²) >= 11 is 0. The van der Waals surface area contributed by atoms with Crippen LogP contribution >= 0.6 is 0 Å². The molecular weight excluding hydrogens is 430 g/mol. The minimum absolute atomic E-state index is 0.180. The summed E-state index contributed by atoms with van der Waals surface area (Å²) in [6, 6.07) is 19.5. The molecule has 176 valence electrons. The van der Waals surface area contributed by atoms with Gasteiger partial charge in [-0.3, -0.25) is 4.90 Å². The van der Waals surface area contributed by atoms with Crippen molar-refractivity contribution in [2.24, 2.45) is 5.92 Å². The second kappa shape index (κ2) is 10.4. The highest BCUT2D eigenvalue weighted by Crippen LogP contribution is 2.31. The third kappa shape index (κ3) is 5.31. The summed E-state index contributed by atoms with van der Waals surface area (Å²) in [5, 5.41) is 1.00. The van der Waals surface area contributed by atoms with Crippen molar-refractivity contribution in [3.8, 4) is 16.9 Å². The first-order chi connectivity index (χ1) is 16.7. The summed E-state index contributed by atoms with van der Waals surface area (Å²) in [5.41, 5.74) is 3.95. The number of rotatable bonds is 8. The number of nitrogens with one attached hydrogen (secondary N) is 1. The Morgan fingerprint density at radius 3 is 2.50 bits per heavy atom. The standard InChI is InChI=1S/C29H30F2N2O/c30-24-8-10-28-26(18-24)23(20-32-28)7-6-21-12-14-33(15-13-21)16-17-34-29-11-9-25(31)19-27(29)22-4-2-1-3-5-22/h1-5,8-11,18-21,32H,6-7,12-17H2. The monoisotopic (exact) mass is 460 g/mol. The van der Waals surface area contributed by atoms with E-state index in [-0.39, 0.29) is 11.6 Å². The van der Waals surface area contributed by atoms with Crippen LogP contribution in [0.4, 0.5) is 8.78 Å². The van der Waals surface area contributed by atoms with Gasteiger partial charge < -0.3 is 9.72 Å². The molecule has 4 aromatic rings. The lowest BCUT2D eigenvalue weighted by Gasteiger charge is -2.32. The topological polar surface area (TPSA) is 28.3 Å². The molecule has 1 N–H and O–H groups in total. The van der Waals surface area contributed by atoms with E-state index in [2.05, 4.69) is 9.88 Å². The summed E-state index contributed by atoms with van der Waals surface area (Å²) in [6.07, 6.45) is 6.47. The average molecular weight is 461 g/mol. The lowest BCUT2D eigenvalue weighted by atomic mass is 9.90. The van der Waals surface area contributed by atoms with Gasteiger partial charge >= 0.3 is 0 Å². The largest absolute Gasteiger partial charge is 0.492 e. The number of aromatic nitrogens is 1. The average Bonchev–Trinajstić information content (AvgIpc) is 3.27. The van der Waals surface area contributed by atoms with Crippen LogP contribution in [0.3, 0.4) is 0 Å². The Hall–Kier alpha value is -3.18. The fraction of sp³-hybridized carbons (Fsp3) is 0.310. The molecule has 3 nitrogen and oxygen atoms in total. The fourth-order valence-electron chi connectivity index (χ4n) is 4.97. The van der Waals surface area contributed by atoms with Gasteiger partial charge in [0.2, 0.25) is 0 Å². The van der Waals surface area contributed by atoms with E-state index in [1.165, 1.54) is 36.6 Å². The van der Waals surface area contributed by atoms with Gasteiger partial charge in [-0.2, -0.15) is 0 Å². The van der Waals surface area contributed by atoms with E-state index < -0.39 is 0 Å². The van der Waals surface area contributed by atoms with E-state index in [0.29, 0.717) is 12.5 Å². The van der Waals surface area contributed by atoms with Crippen molar-refractivity contribution in [3.05, 3.63) is 90.1 Å². The van der Waals surface area contributed by atoms with Gasteiger partial charge in [0.15, 0.2) is 0 Å². The quantitative estimate of drug-likeness (QED) is 0.312. The van der Waals surface area contributed by atoms with Gasteiger partial charge in [0, 0.05) is 29.2 Å². The lowest BCUT2D eigenvalue weighted by molar-refractivity contribution is 0.152. The summed E-state index contributed by atoms with van der Waals surface area (Å²) < 4.78 is 33.6. The van der Waals surface area contributed by atoms with Crippen molar-refractivity contribution in [2.45, 2.75) is 25.7 Å². The van der Waals surface area contributed by atoms with Crippen molar-refractivity contribution in [2.75, 3.05) is 26.2 Å². The molecule has 0 unspecified atom stereocenters. The molecule has 0 aliphatic carbocycles. The van der Waals surface area contributed by atoms with Gasteiger partial charge in [0.25, 0.3) is 0 Å². The molecule has 0 spiro atoms. The summed E-state index contributed by atoms with van der Waals surface area (Å²) in [5.74, 6) is 0.974. The third-order valence-corrected chi connectivity index (χ3v) is 6.95. The number of H-pyrrole nitrogens is 1. The molecule has 34 heavy (non-hydrogen) atoms. The van der Waals surface area contributed by atoms with E-state index in [0.717, 1.165) is 60.3 Å². The number of piperidine rings is 1. The van der Waals surface area contributed by atoms with Gasteiger partial charge in [-0.05, 0) is 92.2 Å². The molecule has 1 saturated heterocycles. The summed E-state index contributed by atoms with van der Waals surface area (Å²) in [6.45, 7) is 3.56. The van der Waals surface area contributed by atoms with Gasteiger partial charge in [-0.25, -0.2) is 8.78 Å². The Kier molecular flexibility index (Phi) is 6.91. The third-order valence-electron chi connectivity index (χ3n) is 6.95. The normalized spacial score (nSPS) is 15.1. The minimum Gasteiger partial charge on any atom is -0.492 e. The Bertz CT molecular complexity index is 1230.